The van der Waals surface area contributed by atoms with Gasteiger partial charge < -0.3 is 15.0 Å². The maximum absolute atomic E-state index is 12.5. The molecular weight excluding hydrogens is 342 g/mol. The number of hydrogen-bond donors (Lipinski definition) is 1. The number of anilines is 1. The summed E-state index contributed by atoms with van der Waals surface area (Å²) >= 11 is 0. The second-order valence-electron chi connectivity index (χ2n) is 7.28. The topological polar surface area (TPSA) is 70.6 Å². The molecule has 2 aromatic rings. The van der Waals surface area contributed by atoms with E-state index in [9.17, 15) is 4.79 Å². The summed E-state index contributed by atoms with van der Waals surface area (Å²) in [6, 6.07) is 10.3. The molecule has 1 aromatic heterocycles. The van der Waals surface area contributed by atoms with Crippen molar-refractivity contribution in [2.75, 3.05) is 50.8 Å². The molecule has 0 bridgehead atoms. The number of amides is 1. The van der Waals surface area contributed by atoms with Crippen molar-refractivity contribution in [1.29, 1.82) is 0 Å². The molecule has 4 heterocycles. The van der Waals surface area contributed by atoms with Crippen LogP contribution < -0.4 is 10.2 Å². The van der Waals surface area contributed by atoms with E-state index in [2.05, 4.69) is 20.1 Å². The molecule has 7 heteroatoms. The van der Waals surface area contributed by atoms with Gasteiger partial charge in [-0.1, -0.05) is 30.3 Å². The van der Waals surface area contributed by atoms with Gasteiger partial charge in [0.15, 0.2) is 5.82 Å². The molecule has 1 unspecified atom stereocenters. The highest BCUT2D eigenvalue weighted by atomic mass is 16.5. The van der Waals surface area contributed by atoms with Gasteiger partial charge in [0.1, 0.15) is 11.5 Å². The summed E-state index contributed by atoms with van der Waals surface area (Å²) in [5.74, 6) is 1.43. The summed E-state index contributed by atoms with van der Waals surface area (Å²) in [6.45, 7) is 6.00. The number of rotatable bonds is 2. The molecule has 0 spiro atoms. The molecule has 3 aliphatic rings. The van der Waals surface area contributed by atoms with E-state index in [0.29, 0.717) is 24.1 Å². The lowest BCUT2D eigenvalue weighted by atomic mass is 10.0. The summed E-state index contributed by atoms with van der Waals surface area (Å²) in [6.07, 6.45) is 0.771. The van der Waals surface area contributed by atoms with Gasteiger partial charge in [-0.25, -0.2) is 9.97 Å². The Morgan fingerprint density at radius 1 is 1.11 bits per heavy atom. The Bertz CT molecular complexity index is 857. The average molecular weight is 365 g/mol. The van der Waals surface area contributed by atoms with Crippen LogP contribution in [0, 0.1) is 0 Å². The van der Waals surface area contributed by atoms with Crippen LogP contribution in [0.4, 0.5) is 5.82 Å². The number of ether oxygens (including phenoxy) is 1. The first-order chi connectivity index (χ1) is 13.3. The quantitative estimate of drug-likeness (QED) is 0.855. The minimum Gasteiger partial charge on any atom is -0.378 e. The molecule has 2 saturated heterocycles. The van der Waals surface area contributed by atoms with Gasteiger partial charge in [0, 0.05) is 43.9 Å². The number of hydrogen-bond acceptors (Lipinski definition) is 6. The minimum absolute atomic E-state index is 0.100. The van der Waals surface area contributed by atoms with E-state index < -0.39 is 0 Å². The van der Waals surface area contributed by atoms with Crippen molar-refractivity contribution in [3.63, 3.8) is 0 Å². The van der Waals surface area contributed by atoms with Gasteiger partial charge in [0.25, 0.3) is 5.91 Å². The molecule has 3 aliphatic heterocycles. The smallest absolute Gasteiger partial charge is 0.270 e. The van der Waals surface area contributed by atoms with Crippen molar-refractivity contribution in [3.8, 4) is 11.4 Å². The van der Waals surface area contributed by atoms with Crippen molar-refractivity contribution in [3.05, 3.63) is 41.6 Å². The predicted octanol–water partition coefficient (Wildman–Crippen LogP) is 0.950. The molecule has 0 aliphatic carbocycles. The molecule has 7 nitrogen and oxygen atoms in total. The third-order valence-electron chi connectivity index (χ3n) is 5.63. The monoisotopic (exact) mass is 365 g/mol. The first kappa shape index (κ1) is 16.6. The van der Waals surface area contributed by atoms with Crippen LogP contribution in [0.15, 0.2) is 30.3 Å². The predicted molar refractivity (Wildman–Crippen MR) is 102 cm³/mol. The number of fused-ring (bicyclic) bond motifs is 2. The van der Waals surface area contributed by atoms with Crippen molar-refractivity contribution in [2.45, 2.75) is 12.5 Å². The number of morpholine rings is 1. The first-order valence-corrected chi connectivity index (χ1v) is 9.61. The van der Waals surface area contributed by atoms with Crippen LogP contribution >= 0.6 is 0 Å². The van der Waals surface area contributed by atoms with E-state index >= 15 is 0 Å². The minimum atomic E-state index is -0.100. The molecule has 5 rings (SSSR count). The number of nitrogens with zero attached hydrogens (tertiary/aromatic N) is 4. The van der Waals surface area contributed by atoms with Crippen LogP contribution in [0.2, 0.25) is 0 Å². The number of benzene rings is 1. The van der Waals surface area contributed by atoms with Crippen LogP contribution in [-0.4, -0.2) is 72.8 Å². The maximum atomic E-state index is 12.5. The number of aromatic nitrogens is 2. The van der Waals surface area contributed by atoms with Gasteiger partial charge in [0.2, 0.25) is 0 Å². The lowest BCUT2D eigenvalue weighted by Crippen LogP contribution is -2.58. The highest BCUT2D eigenvalue weighted by molar-refractivity contribution is 5.96. The zero-order chi connectivity index (χ0) is 18.2. The van der Waals surface area contributed by atoms with Crippen LogP contribution in [-0.2, 0) is 11.2 Å². The van der Waals surface area contributed by atoms with Gasteiger partial charge in [-0.05, 0) is 6.42 Å². The maximum Gasteiger partial charge on any atom is 0.270 e. The second-order valence-corrected chi connectivity index (χ2v) is 7.28. The molecule has 1 N–H and O–H groups in total. The van der Waals surface area contributed by atoms with E-state index in [1.807, 2.05) is 30.3 Å². The summed E-state index contributed by atoms with van der Waals surface area (Å²) in [5.41, 5.74) is 2.43. The number of carbonyl (C=O) groups is 1. The summed E-state index contributed by atoms with van der Waals surface area (Å²) in [7, 11) is 0. The Morgan fingerprint density at radius 3 is 2.89 bits per heavy atom. The van der Waals surface area contributed by atoms with E-state index in [0.717, 1.165) is 62.8 Å². The molecule has 1 amide bonds. The Balaban J connectivity index is 1.56. The Morgan fingerprint density at radius 2 is 2.00 bits per heavy atom. The molecule has 1 atom stereocenters. The van der Waals surface area contributed by atoms with E-state index in [1.54, 1.807) is 0 Å². The lowest BCUT2D eigenvalue weighted by Gasteiger charge is -2.44. The standard InChI is InChI=1S/C20H23N5O2/c26-20-17-16(6-7-21-20)19(23-18(22-17)14-4-2-1-3-5-14)25-9-8-24-10-11-27-13-15(24)12-25/h1-5,15H,6-13H2,(H,21,26). The van der Waals surface area contributed by atoms with Crippen LogP contribution in [0.25, 0.3) is 11.4 Å². The molecule has 0 saturated carbocycles. The van der Waals surface area contributed by atoms with E-state index in [4.69, 9.17) is 9.72 Å². The first-order valence-electron chi connectivity index (χ1n) is 9.61. The van der Waals surface area contributed by atoms with Crippen molar-refractivity contribution in [1.82, 2.24) is 20.2 Å². The number of piperazine rings is 1. The summed E-state index contributed by atoms with van der Waals surface area (Å²) in [5, 5.41) is 2.92. The van der Waals surface area contributed by atoms with Gasteiger partial charge in [-0.3, -0.25) is 9.69 Å². The van der Waals surface area contributed by atoms with Crippen molar-refractivity contribution in [2.24, 2.45) is 0 Å². The fourth-order valence-electron chi connectivity index (χ4n) is 4.19. The SMILES string of the molecule is O=C1NCCc2c1nc(-c1ccccc1)nc2N1CCN2CCOCC2C1. The molecule has 140 valence electrons. The Hall–Kier alpha value is -2.51. The fourth-order valence-corrected chi connectivity index (χ4v) is 4.19. The summed E-state index contributed by atoms with van der Waals surface area (Å²) < 4.78 is 5.68. The fraction of sp³-hybridized carbons (Fsp3) is 0.450. The van der Waals surface area contributed by atoms with E-state index in [-0.39, 0.29) is 5.91 Å². The van der Waals surface area contributed by atoms with Crippen LogP contribution in [0.1, 0.15) is 16.1 Å². The summed E-state index contributed by atoms with van der Waals surface area (Å²) in [4.78, 5) is 26.8. The molecular formula is C20H23N5O2. The number of carbonyl (C=O) groups excluding carboxylic acids is 1. The normalized spacial score (nSPS) is 22.7. The second kappa shape index (κ2) is 6.90. The van der Waals surface area contributed by atoms with E-state index in [1.165, 1.54) is 0 Å². The highest BCUT2D eigenvalue weighted by Crippen LogP contribution is 2.29. The highest BCUT2D eigenvalue weighted by Gasteiger charge is 2.33. The van der Waals surface area contributed by atoms with Gasteiger partial charge in [-0.2, -0.15) is 0 Å². The Kier molecular flexibility index (Phi) is 4.26. The molecule has 0 radical (unpaired) electrons. The molecule has 2 fully saturated rings. The third kappa shape index (κ3) is 3.07. The van der Waals surface area contributed by atoms with Gasteiger partial charge in [0.05, 0.1) is 19.3 Å². The van der Waals surface area contributed by atoms with Gasteiger partial charge in [-0.15, -0.1) is 0 Å². The molecule has 27 heavy (non-hydrogen) atoms. The number of nitrogens with one attached hydrogen (secondary N) is 1. The lowest BCUT2D eigenvalue weighted by molar-refractivity contribution is -0.0118. The largest absolute Gasteiger partial charge is 0.378 e. The zero-order valence-electron chi connectivity index (χ0n) is 15.2. The zero-order valence-corrected chi connectivity index (χ0v) is 15.2. The van der Waals surface area contributed by atoms with Gasteiger partial charge >= 0.3 is 0 Å². The van der Waals surface area contributed by atoms with Crippen molar-refractivity contribution >= 4 is 11.7 Å². The van der Waals surface area contributed by atoms with Crippen LogP contribution in [0.5, 0.6) is 0 Å². The van der Waals surface area contributed by atoms with Crippen molar-refractivity contribution < 1.29 is 9.53 Å². The molecule has 1 aromatic carbocycles. The Labute approximate surface area is 158 Å². The van der Waals surface area contributed by atoms with Crippen LogP contribution in [0.3, 0.4) is 0 Å². The third-order valence-corrected chi connectivity index (χ3v) is 5.63. The average Bonchev–Trinajstić information content (AvgIpc) is 2.74.